The number of nitro benzene ring substituents is 1. The number of nitro groups is 1. The summed E-state index contributed by atoms with van der Waals surface area (Å²) in [6, 6.07) is 6.52. The lowest BCUT2D eigenvalue weighted by Crippen LogP contribution is -2.39. The third kappa shape index (κ3) is 7.06. The van der Waals surface area contributed by atoms with E-state index in [1.165, 1.54) is 12.1 Å². The molecule has 0 fully saturated rings. The minimum atomic E-state index is -0.393. The highest BCUT2D eigenvalue weighted by Gasteiger charge is 2.06. The van der Waals surface area contributed by atoms with Gasteiger partial charge in [-0.25, -0.2) is 4.99 Å². The quantitative estimate of drug-likeness (QED) is 0.241. The highest BCUT2D eigenvalue weighted by molar-refractivity contribution is 14.0. The van der Waals surface area contributed by atoms with Gasteiger partial charge >= 0.3 is 0 Å². The van der Waals surface area contributed by atoms with E-state index in [2.05, 4.69) is 22.1 Å². The molecular weight excluding hydrogens is 395 g/mol. The van der Waals surface area contributed by atoms with E-state index >= 15 is 0 Å². The van der Waals surface area contributed by atoms with Crippen LogP contribution in [0.4, 0.5) is 5.69 Å². The van der Waals surface area contributed by atoms with Crippen LogP contribution in [0.2, 0.25) is 0 Å². The Labute approximate surface area is 149 Å². The Kier molecular flexibility index (Phi) is 10.5. The zero-order valence-electron chi connectivity index (χ0n) is 13.4. The number of hydrogen-bond donors (Lipinski definition) is 1. The third-order valence-electron chi connectivity index (χ3n) is 3.10. The van der Waals surface area contributed by atoms with Crippen LogP contribution in [0.15, 0.2) is 29.3 Å². The number of halogens is 1. The molecule has 1 aromatic rings. The molecule has 0 amide bonds. The lowest BCUT2D eigenvalue weighted by Gasteiger charge is -2.21. The van der Waals surface area contributed by atoms with Crippen LogP contribution in [0.5, 0.6) is 0 Å². The standard InChI is InChI=1S/C15H24N4O2.HI/c1-4-6-11-18(3)15(16-5-2)17-12-13-7-9-14(10-8-13)19(20)21;/h7-10H,4-6,11-12H2,1-3H3,(H,16,17);1H. The molecular formula is C15H25IN4O2. The second-order valence-electron chi connectivity index (χ2n) is 4.87. The molecule has 0 aliphatic carbocycles. The van der Waals surface area contributed by atoms with E-state index in [0.29, 0.717) is 6.54 Å². The third-order valence-corrected chi connectivity index (χ3v) is 3.10. The maximum absolute atomic E-state index is 10.6. The fourth-order valence-corrected chi connectivity index (χ4v) is 1.86. The monoisotopic (exact) mass is 420 g/mol. The summed E-state index contributed by atoms with van der Waals surface area (Å²) in [6.07, 6.45) is 2.27. The molecule has 1 N–H and O–H groups in total. The van der Waals surface area contributed by atoms with Gasteiger partial charge in [0.05, 0.1) is 11.5 Å². The van der Waals surface area contributed by atoms with Gasteiger partial charge in [-0.1, -0.05) is 25.5 Å². The number of guanidine groups is 1. The van der Waals surface area contributed by atoms with Crippen molar-refractivity contribution in [3.8, 4) is 0 Å². The topological polar surface area (TPSA) is 70.8 Å². The second kappa shape index (κ2) is 11.2. The van der Waals surface area contributed by atoms with E-state index in [0.717, 1.165) is 37.5 Å². The summed E-state index contributed by atoms with van der Waals surface area (Å²) < 4.78 is 0. The van der Waals surface area contributed by atoms with E-state index in [9.17, 15) is 10.1 Å². The summed E-state index contributed by atoms with van der Waals surface area (Å²) in [6.45, 7) is 6.48. The molecule has 0 heterocycles. The molecule has 7 heteroatoms. The van der Waals surface area contributed by atoms with E-state index in [1.54, 1.807) is 12.1 Å². The predicted octanol–water partition coefficient (Wildman–Crippen LogP) is 3.41. The van der Waals surface area contributed by atoms with Gasteiger partial charge < -0.3 is 10.2 Å². The molecule has 0 aromatic heterocycles. The lowest BCUT2D eigenvalue weighted by molar-refractivity contribution is -0.384. The van der Waals surface area contributed by atoms with Crippen molar-refractivity contribution in [1.29, 1.82) is 0 Å². The second-order valence-corrected chi connectivity index (χ2v) is 4.87. The molecule has 22 heavy (non-hydrogen) atoms. The average Bonchev–Trinajstić information content (AvgIpc) is 2.49. The zero-order chi connectivity index (χ0) is 15.7. The summed E-state index contributed by atoms with van der Waals surface area (Å²) in [5, 5.41) is 13.9. The van der Waals surface area contributed by atoms with Crippen LogP contribution in [0.3, 0.4) is 0 Å². The Balaban J connectivity index is 0.00000441. The fourth-order valence-electron chi connectivity index (χ4n) is 1.86. The first-order valence-corrected chi connectivity index (χ1v) is 7.31. The Morgan fingerprint density at radius 2 is 1.95 bits per heavy atom. The van der Waals surface area contributed by atoms with Gasteiger partial charge in [0, 0.05) is 32.3 Å². The average molecular weight is 420 g/mol. The van der Waals surface area contributed by atoms with Crippen molar-refractivity contribution in [1.82, 2.24) is 10.2 Å². The Hall–Kier alpha value is -1.38. The number of aliphatic imine (C=N–C) groups is 1. The Morgan fingerprint density at radius 3 is 2.45 bits per heavy atom. The number of nitrogens with one attached hydrogen (secondary N) is 1. The molecule has 6 nitrogen and oxygen atoms in total. The zero-order valence-corrected chi connectivity index (χ0v) is 15.7. The van der Waals surface area contributed by atoms with Gasteiger partial charge in [-0.3, -0.25) is 10.1 Å². The molecule has 0 saturated heterocycles. The van der Waals surface area contributed by atoms with Crippen LogP contribution in [0.25, 0.3) is 0 Å². The largest absolute Gasteiger partial charge is 0.357 e. The van der Waals surface area contributed by atoms with Gasteiger partial charge in [0.15, 0.2) is 5.96 Å². The molecule has 1 rings (SSSR count). The van der Waals surface area contributed by atoms with E-state index < -0.39 is 4.92 Å². The first-order chi connectivity index (χ1) is 10.1. The normalized spacial score (nSPS) is 10.8. The highest BCUT2D eigenvalue weighted by atomic mass is 127. The molecule has 1 aromatic carbocycles. The summed E-state index contributed by atoms with van der Waals surface area (Å²) in [4.78, 5) is 16.9. The molecule has 124 valence electrons. The van der Waals surface area contributed by atoms with Crippen LogP contribution in [-0.4, -0.2) is 35.9 Å². The maximum atomic E-state index is 10.6. The Morgan fingerprint density at radius 1 is 1.32 bits per heavy atom. The SMILES string of the molecule is CCCCN(C)C(=NCc1ccc([N+](=O)[O-])cc1)NCC.I. The number of hydrogen-bond acceptors (Lipinski definition) is 3. The van der Waals surface area contributed by atoms with Crippen molar-refractivity contribution in [2.75, 3.05) is 20.1 Å². The molecule has 0 spiro atoms. The number of non-ortho nitro benzene ring substituents is 1. The molecule has 0 bridgehead atoms. The van der Waals surface area contributed by atoms with Gasteiger partial charge in [-0.15, -0.1) is 24.0 Å². The van der Waals surface area contributed by atoms with E-state index in [4.69, 9.17) is 0 Å². The number of unbranched alkanes of at least 4 members (excludes halogenated alkanes) is 1. The summed E-state index contributed by atoms with van der Waals surface area (Å²) >= 11 is 0. The minimum Gasteiger partial charge on any atom is -0.357 e. The van der Waals surface area contributed by atoms with Crippen LogP contribution in [0, 0.1) is 10.1 Å². The van der Waals surface area contributed by atoms with Crippen molar-refractivity contribution in [3.63, 3.8) is 0 Å². The van der Waals surface area contributed by atoms with Crippen LogP contribution in [-0.2, 0) is 6.54 Å². The molecule has 0 aliphatic heterocycles. The molecule has 0 unspecified atom stereocenters. The number of nitrogens with zero attached hydrogens (tertiary/aromatic N) is 3. The van der Waals surface area contributed by atoms with Gasteiger partial charge in [0.25, 0.3) is 5.69 Å². The Bertz CT molecular complexity index is 477. The smallest absolute Gasteiger partial charge is 0.269 e. The first kappa shape index (κ1) is 20.6. The molecule has 0 aliphatic rings. The maximum Gasteiger partial charge on any atom is 0.269 e. The van der Waals surface area contributed by atoms with Crippen molar-refractivity contribution in [2.24, 2.45) is 4.99 Å². The molecule has 0 atom stereocenters. The van der Waals surface area contributed by atoms with E-state index in [-0.39, 0.29) is 29.7 Å². The lowest BCUT2D eigenvalue weighted by atomic mass is 10.2. The van der Waals surface area contributed by atoms with Gasteiger partial charge in [-0.2, -0.15) is 0 Å². The summed E-state index contributed by atoms with van der Waals surface area (Å²) in [5.41, 5.74) is 1.06. The number of benzene rings is 1. The van der Waals surface area contributed by atoms with E-state index in [1.807, 2.05) is 14.0 Å². The minimum absolute atomic E-state index is 0. The van der Waals surface area contributed by atoms with Gasteiger partial charge in [0.1, 0.15) is 0 Å². The van der Waals surface area contributed by atoms with Crippen LogP contribution < -0.4 is 5.32 Å². The molecule has 0 radical (unpaired) electrons. The van der Waals surface area contributed by atoms with Crippen molar-refractivity contribution in [2.45, 2.75) is 33.2 Å². The van der Waals surface area contributed by atoms with Crippen molar-refractivity contribution >= 4 is 35.6 Å². The predicted molar refractivity (Wildman–Crippen MR) is 101 cm³/mol. The van der Waals surface area contributed by atoms with Crippen molar-refractivity contribution in [3.05, 3.63) is 39.9 Å². The molecule has 0 saturated carbocycles. The van der Waals surface area contributed by atoms with Crippen molar-refractivity contribution < 1.29 is 4.92 Å². The van der Waals surface area contributed by atoms with Crippen LogP contribution in [0.1, 0.15) is 32.3 Å². The van der Waals surface area contributed by atoms with Gasteiger partial charge in [-0.05, 0) is 18.9 Å². The highest BCUT2D eigenvalue weighted by Crippen LogP contribution is 2.12. The first-order valence-electron chi connectivity index (χ1n) is 7.31. The van der Waals surface area contributed by atoms with Gasteiger partial charge in [0.2, 0.25) is 0 Å². The summed E-state index contributed by atoms with van der Waals surface area (Å²) in [5.74, 6) is 0.865. The summed E-state index contributed by atoms with van der Waals surface area (Å²) in [7, 11) is 2.02. The number of rotatable bonds is 7. The fraction of sp³-hybridized carbons (Fsp3) is 0.533. The van der Waals surface area contributed by atoms with Crippen LogP contribution >= 0.6 is 24.0 Å².